The third-order valence-electron chi connectivity index (χ3n) is 4.43. The van der Waals surface area contributed by atoms with Crippen molar-refractivity contribution in [2.45, 2.75) is 45.6 Å². The van der Waals surface area contributed by atoms with Crippen LogP contribution in [0.15, 0.2) is 5.16 Å². The van der Waals surface area contributed by atoms with Crippen molar-refractivity contribution in [3.05, 3.63) is 0 Å². The number of carbonyl (C=O) groups excluding carboxylic acids is 1. The predicted molar refractivity (Wildman–Crippen MR) is 74.5 cm³/mol. The third kappa shape index (κ3) is 3.26. The normalized spacial score (nSPS) is 29.5. The number of piperidine rings is 2. The lowest BCUT2D eigenvalue weighted by Gasteiger charge is -2.38. The molecule has 0 aromatic carbocycles. The first-order valence-electron chi connectivity index (χ1n) is 7.37. The smallest absolute Gasteiger partial charge is 0.239 e. The molecule has 0 radical (unpaired) electrons. The number of likely N-dealkylation sites (tertiary alicyclic amines) is 2. The largest absolute Gasteiger partial charge is 0.411 e. The van der Waals surface area contributed by atoms with Gasteiger partial charge in [0, 0.05) is 38.5 Å². The van der Waals surface area contributed by atoms with E-state index in [-0.39, 0.29) is 17.9 Å². The molecular weight excluding hydrogens is 242 g/mol. The number of oxime groups is 1. The Kier molecular flexibility index (Phi) is 4.80. The molecule has 19 heavy (non-hydrogen) atoms. The van der Waals surface area contributed by atoms with E-state index < -0.39 is 0 Å². The fraction of sp³-hybridized carbons (Fsp3) is 0.857. The van der Waals surface area contributed by atoms with Gasteiger partial charge in [0.1, 0.15) is 0 Å². The molecule has 108 valence electrons. The SMILES string of the molecule is CC1CN(C(C)C(=O)N2CCCCC2)CCC1=NO. The zero-order valence-electron chi connectivity index (χ0n) is 12.0. The molecule has 1 amide bonds. The van der Waals surface area contributed by atoms with Gasteiger partial charge in [0.25, 0.3) is 0 Å². The first kappa shape index (κ1) is 14.3. The zero-order valence-corrected chi connectivity index (χ0v) is 12.0. The van der Waals surface area contributed by atoms with Gasteiger partial charge in [-0.05, 0) is 26.2 Å². The molecule has 2 rings (SSSR count). The number of amides is 1. The van der Waals surface area contributed by atoms with Gasteiger partial charge in [-0.3, -0.25) is 9.69 Å². The van der Waals surface area contributed by atoms with Crippen LogP contribution in [-0.2, 0) is 4.79 Å². The molecule has 0 bridgehead atoms. The van der Waals surface area contributed by atoms with Crippen molar-refractivity contribution >= 4 is 11.6 Å². The second kappa shape index (κ2) is 6.37. The minimum atomic E-state index is -0.0548. The fourth-order valence-electron chi connectivity index (χ4n) is 3.09. The molecule has 2 saturated heterocycles. The van der Waals surface area contributed by atoms with E-state index in [0.29, 0.717) is 0 Å². The molecule has 0 aromatic rings. The van der Waals surface area contributed by atoms with E-state index in [1.807, 2.05) is 11.8 Å². The Morgan fingerprint density at radius 2 is 2.00 bits per heavy atom. The van der Waals surface area contributed by atoms with Crippen LogP contribution in [-0.4, -0.2) is 58.8 Å². The zero-order chi connectivity index (χ0) is 13.8. The van der Waals surface area contributed by atoms with Gasteiger partial charge in [0.05, 0.1) is 11.8 Å². The monoisotopic (exact) mass is 267 g/mol. The van der Waals surface area contributed by atoms with Crippen molar-refractivity contribution in [1.29, 1.82) is 0 Å². The van der Waals surface area contributed by atoms with Crippen molar-refractivity contribution < 1.29 is 10.0 Å². The lowest BCUT2D eigenvalue weighted by atomic mass is 9.96. The van der Waals surface area contributed by atoms with Crippen molar-refractivity contribution in [3.63, 3.8) is 0 Å². The third-order valence-corrected chi connectivity index (χ3v) is 4.43. The van der Waals surface area contributed by atoms with Gasteiger partial charge in [-0.2, -0.15) is 0 Å². The molecule has 0 spiro atoms. The summed E-state index contributed by atoms with van der Waals surface area (Å²) < 4.78 is 0. The van der Waals surface area contributed by atoms with E-state index in [9.17, 15) is 4.79 Å². The van der Waals surface area contributed by atoms with Gasteiger partial charge in [-0.25, -0.2) is 0 Å². The molecule has 0 aliphatic carbocycles. The minimum absolute atomic E-state index is 0.0548. The maximum atomic E-state index is 12.5. The quantitative estimate of drug-likeness (QED) is 0.610. The predicted octanol–water partition coefficient (Wildman–Crippen LogP) is 1.56. The van der Waals surface area contributed by atoms with Gasteiger partial charge in [-0.1, -0.05) is 12.1 Å². The van der Waals surface area contributed by atoms with E-state index in [0.717, 1.165) is 51.2 Å². The number of nitrogens with zero attached hydrogens (tertiary/aromatic N) is 3. The van der Waals surface area contributed by atoms with Crippen molar-refractivity contribution in [3.8, 4) is 0 Å². The Balaban J connectivity index is 1.92. The van der Waals surface area contributed by atoms with Crippen molar-refractivity contribution in [1.82, 2.24) is 9.80 Å². The molecular formula is C14H25N3O2. The summed E-state index contributed by atoms with van der Waals surface area (Å²) in [5, 5.41) is 12.2. The van der Waals surface area contributed by atoms with Crippen LogP contribution in [0, 0.1) is 5.92 Å². The van der Waals surface area contributed by atoms with Crippen LogP contribution >= 0.6 is 0 Å². The van der Waals surface area contributed by atoms with Gasteiger partial charge in [0.15, 0.2) is 0 Å². The standard InChI is InChI=1S/C14H25N3O2/c1-11-10-17(9-6-13(11)15-19)12(2)14(18)16-7-4-3-5-8-16/h11-12,19H,3-10H2,1-2H3. The van der Waals surface area contributed by atoms with E-state index in [2.05, 4.69) is 17.0 Å². The molecule has 2 heterocycles. The van der Waals surface area contributed by atoms with Crippen LogP contribution in [0.25, 0.3) is 0 Å². The van der Waals surface area contributed by atoms with E-state index in [4.69, 9.17) is 5.21 Å². The summed E-state index contributed by atoms with van der Waals surface area (Å²) in [6.45, 7) is 7.50. The summed E-state index contributed by atoms with van der Waals surface area (Å²) in [5.41, 5.74) is 0.855. The van der Waals surface area contributed by atoms with Crippen molar-refractivity contribution in [2.24, 2.45) is 11.1 Å². The van der Waals surface area contributed by atoms with Crippen LogP contribution in [0.1, 0.15) is 39.5 Å². The molecule has 2 fully saturated rings. The molecule has 2 aliphatic heterocycles. The summed E-state index contributed by atoms with van der Waals surface area (Å²) in [6.07, 6.45) is 4.27. The first-order valence-corrected chi connectivity index (χ1v) is 7.37. The highest BCUT2D eigenvalue weighted by Crippen LogP contribution is 2.18. The Bertz CT molecular complexity index is 351. The van der Waals surface area contributed by atoms with Gasteiger partial charge >= 0.3 is 0 Å². The average molecular weight is 267 g/mol. The molecule has 0 aromatic heterocycles. The highest BCUT2D eigenvalue weighted by Gasteiger charge is 2.31. The number of hydrogen-bond donors (Lipinski definition) is 1. The Morgan fingerprint density at radius 1 is 1.32 bits per heavy atom. The van der Waals surface area contributed by atoms with E-state index in [1.165, 1.54) is 6.42 Å². The maximum Gasteiger partial charge on any atom is 0.239 e. The second-order valence-corrected chi connectivity index (χ2v) is 5.80. The Hall–Kier alpha value is -1.10. The summed E-state index contributed by atoms with van der Waals surface area (Å²) in [7, 11) is 0. The van der Waals surface area contributed by atoms with Crippen molar-refractivity contribution in [2.75, 3.05) is 26.2 Å². The summed E-state index contributed by atoms with van der Waals surface area (Å²) in [4.78, 5) is 16.7. The second-order valence-electron chi connectivity index (χ2n) is 5.80. The van der Waals surface area contributed by atoms with Crippen LogP contribution in [0.5, 0.6) is 0 Å². The van der Waals surface area contributed by atoms with E-state index in [1.54, 1.807) is 0 Å². The molecule has 0 saturated carbocycles. The molecule has 5 nitrogen and oxygen atoms in total. The highest BCUT2D eigenvalue weighted by molar-refractivity contribution is 5.87. The number of hydrogen-bond acceptors (Lipinski definition) is 4. The van der Waals surface area contributed by atoms with Crippen LogP contribution in [0.2, 0.25) is 0 Å². The summed E-state index contributed by atoms with van der Waals surface area (Å²) in [6, 6.07) is -0.0548. The molecule has 5 heteroatoms. The van der Waals surface area contributed by atoms with E-state index >= 15 is 0 Å². The number of carbonyl (C=O) groups is 1. The maximum absolute atomic E-state index is 12.5. The van der Waals surface area contributed by atoms with Gasteiger partial charge < -0.3 is 10.1 Å². The van der Waals surface area contributed by atoms with Crippen LogP contribution in [0.3, 0.4) is 0 Å². The lowest BCUT2D eigenvalue weighted by Crippen LogP contribution is -2.52. The van der Waals surface area contributed by atoms with Crippen LogP contribution in [0.4, 0.5) is 0 Å². The molecule has 2 aliphatic rings. The van der Waals surface area contributed by atoms with Gasteiger partial charge in [-0.15, -0.1) is 0 Å². The Labute approximate surface area is 115 Å². The molecule has 2 unspecified atom stereocenters. The lowest BCUT2D eigenvalue weighted by molar-refractivity contribution is -0.137. The molecule has 1 N–H and O–H groups in total. The summed E-state index contributed by atoms with van der Waals surface area (Å²) in [5.74, 6) is 0.492. The summed E-state index contributed by atoms with van der Waals surface area (Å²) >= 11 is 0. The topological polar surface area (TPSA) is 56.1 Å². The van der Waals surface area contributed by atoms with Gasteiger partial charge in [0.2, 0.25) is 5.91 Å². The average Bonchev–Trinajstić information content (AvgIpc) is 2.46. The minimum Gasteiger partial charge on any atom is -0.411 e. The fourth-order valence-corrected chi connectivity index (χ4v) is 3.09. The number of rotatable bonds is 2. The van der Waals surface area contributed by atoms with Crippen LogP contribution < -0.4 is 0 Å². The Morgan fingerprint density at radius 3 is 2.58 bits per heavy atom. The molecule has 2 atom stereocenters. The first-order chi connectivity index (χ1) is 9.13. The highest BCUT2D eigenvalue weighted by atomic mass is 16.4.